The molecule has 1 saturated heterocycles. The van der Waals surface area contributed by atoms with Crippen LogP contribution in [0.1, 0.15) is 6.42 Å². The summed E-state index contributed by atoms with van der Waals surface area (Å²) in [6, 6.07) is 5.30. The normalized spacial score (nSPS) is 25.9. The van der Waals surface area contributed by atoms with E-state index in [2.05, 4.69) is 5.32 Å². The SMILES string of the molecule is CNC1CCOCC1S(=O)c1ccc(Cl)c(Cl)c1. The fourth-order valence-corrected chi connectivity index (χ4v) is 3.97. The molecule has 6 heteroatoms. The summed E-state index contributed by atoms with van der Waals surface area (Å²) >= 11 is 11.8. The second-order valence-electron chi connectivity index (χ2n) is 4.17. The van der Waals surface area contributed by atoms with Crippen LogP contribution in [0.3, 0.4) is 0 Å². The van der Waals surface area contributed by atoms with Crippen molar-refractivity contribution < 1.29 is 8.95 Å². The van der Waals surface area contributed by atoms with Gasteiger partial charge in [0, 0.05) is 17.5 Å². The first-order valence-electron chi connectivity index (χ1n) is 5.74. The van der Waals surface area contributed by atoms with Crippen LogP contribution >= 0.6 is 23.2 Å². The summed E-state index contributed by atoms with van der Waals surface area (Å²) in [4.78, 5) is 0.695. The van der Waals surface area contributed by atoms with Crippen molar-refractivity contribution in [3.63, 3.8) is 0 Å². The largest absolute Gasteiger partial charge is 0.380 e. The molecule has 3 unspecified atom stereocenters. The average molecular weight is 308 g/mol. The van der Waals surface area contributed by atoms with Gasteiger partial charge in [0.15, 0.2) is 0 Å². The van der Waals surface area contributed by atoms with Gasteiger partial charge < -0.3 is 10.1 Å². The van der Waals surface area contributed by atoms with E-state index in [1.54, 1.807) is 18.2 Å². The summed E-state index contributed by atoms with van der Waals surface area (Å²) in [5.74, 6) is 0. The van der Waals surface area contributed by atoms with Gasteiger partial charge in [-0.15, -0.1) is 0 Å². The number of rotatable bonds is 3. The Balaban J connectivity index is 2.21. The van der Waals surface area contributed by atoms with Crippen molar-refractivity contribution in [3.05, 3.63) is 28.2 Å². The Hall–Kier alpha value is -0.130. The van der Waals surface area contributed by atoms with Gasteiger partial charge in [-0.25, -0.2) is 0 Å². The molecule has 100 valence electrons. The third-order valence-electron chi connectivity index (χ3n) is 3.07. The first kappa shape index (κ1) is 14.3. The maximum Gasteiger partial charge on any atom is 0.0781 e. The second-order valence-corrected chi connectivity index (χ2v) is 6.66. The van der Waals surface area contributed by atoms with Crippen LogP contribution in [0.25, 0.3) is 0 Å². The number of benzene rings is 1. The Morgan fingerprint density at radius 3 is 2.83 bits per heavy atom. The maximum atomic E-state index is 12.5. The maximum absolute atomic E-state index is 12.5. The molecule has 0 amide bonds. The fraction of sp³-hybridized carbons (Fsp3) is 0.500. The molecule has 3 nitrogen and oxygen atoms in total. The van der Waals surface area contributed by atoms with Gasteiger partial charge in [-0.2, -0.15) is 0 Å². The zero-order valence-electron chi connectivity index (χ0n) is 9.99. The molecule has 18 heavy (non-hydrogen) atoms. The van der Waals surface area contributed by atoms with Crippen molar-refractivity contribution in [1.82, 2.24) is 5.32 Å². The summed E-state index contributed by atoms with van der Waals surface area (Å²) < 4.78 is 17.9. The van der Waals surface area contributed by atoms with Crippen molar-refractivity contribution in [3.8, 4) is 0 Å². The Kier molecular flexibility index (Phi) is 5.04. The van der Waals surface area contributed by atoms with Gasteiger partial charge >= 0.3 is 0 Å². The van der Waals surface area contributed by atoms with E-state index < -0.39 is 10.8 Å². The molecule has 2 rings (SSSR count). The fourth-order valence-electron chi connectivity index (χ4n) is 2.03. The smallest absolute Gasteiger partial charge is 0.0781 e. The molecule has 3 atom stereocenters. The van der Waals surface area contributed by atoms with Crippen LogP contribution in [0.15, 0.2) is 23.1 Å². The second kappa shape index (κ2) is 6.35. The predicted octanol–water partition coefficient (Wildman–Crippen LogP) is 2.48. The van der Waals surface area contributed by atoms with Crippen LogP contribution in [0.5, 0.6) is 0 Å². The molecule has 1 fully saturated rings. The molecule has 0 aromatic heterocycles. The average Bonchev–Trinajstić information content (AvgIpc) is 2.41. The summed E-state index contributed by atoms with van der Waals surface area (Å²) in [5, 5.41) is 4.05. The summed E-state index contributed by atoms with van der Waals surface area (Å²) in [6.07, 6.45) is 0.869. The van der Waals surface area contributed by atoms with E-state index in [1.165, 1.54) is 0 Å². The highest BCUT2D eigenvalue weighted by atomic mass is 35.5. The van der Waals surface area contributed by atoms with Crippen LogP contribution in [0.4, 0.5) is 0 Å². The van der Waals surface area contributed by atoms with Gasteiger partial charge in [0.1, 0.15) is 0 Å². The summed E-state index contributed by atoms with van der Waals surface area (Å²) in [7, 11) is 0.735. The topological polar surface area (TPSA) is 38.3 Å². The van der Waals surface area contributed by atoms with Crippen LogP contribution in [-0.4, -0.2) is 35.8 Å². The zero-order chi connectivity index (χ0) is 13.1. The lowest BCUT2D eigenvalue weighted by Gasteiger charge is -2.30. The molecule has 0 radical (unpaired) electrons. The van der Waals surface area contributed by atoms with E-state index in [0.29, 0.717) is 28.2 Å². The summed E-state index contributed by atoms with van der Waals surface area (Å²) in [6.45, 7) is 1.21. The van der Waals surface area contributed by atoms with Crippen LogP contribution < -0.4 is 5.32 Å². The van der Waals surface area contributed by atoms with Crippen LogP contribution in [-0.2, 0) is 15.5 Å². The van der Waals surface area contributed by atoms with Crippen LogP contribution in [0, 0.1) is 0 Å². The molecule has 0 spiro atoms. The first-order chi connectivity index (χ1) is 8.63. The van der Waals surface area contributed by atoms with Crippen molar-refractivity contribution in [2.75, 3.05) is 20.3 Å². The molecular weight excluding hydrogens is 293 g/mol. The highest BCUT2D eigenvalue weighted by Gasteiger charge is 2.30. The minimum atomic E-state index is -1.15. The van der Waals surface area contributed by atoms with E-state index in [9.17, 15) is 4.21 Å². The monoisotopic (exact) mass is 307 g/mol. The molecule has 0 saturated carbocycles. The first-order valence-corrected chi connectivity index (χ1v) is 7.71. The molecule has 1 aromatic rings. The van der Waals surface area contributed by atoms with Crippen molar-refractivity contribution >= 4 is 34.0 Å². The molecule has 0 bridgehead atoms. The third-order valence-corrected chi connectivity index (χ3v) is 5.55. The van der Waals surface area contributed by atoms with Crippen molar-refractivity contribution in [1.29, 1.82) is 0 Å². The van der Waals surface area contributed by atoms with Gasteiger partial charge in [-0.1, -0.05) is 23.2 Å². The van der Waals surface area contributed by atoms with Gasteiger partial charge in [0.2, 0.25) is 0 Å². The Morgan fingerprint density at radius 2 is 2.17 bits per heavy atom. The van der Waals surface area contributed by atoms with E-state index in [0.717, 1.165) is 6.42 Å². The van der Waals surface area contributed by atoms with Crippen LogP contribution in [0.2, 0.25) is 10.0 Å². The number of nitrogens with one attached hydrogen (secondary N) is 1. The predicted molar refractivity (Wildman–Crippen MR) is 74.9 cm³/mol. The van der Waals surface area contributed by atoms with E-state index in [4.69, 9.17) is 27.9 Å². The highest BCUT2D eigenvalue weighted by molar-refractivity contribution is 7.85. The summed E-state index contributed by atoms with van der Waals surface area (Å²) in [5.41, 5.74) is 0. The zero-order valence-corrected chi connectivity index (χ0v) is 12.3. The molecule has 1 aromatic carbocycles. The standard InChI is InChI=1S/C12H15Cl2NO2S/c1-15-11-4-5-17-7-12(11)18(16)8-2-3-9(13)10(14)6-8/h2-3,6,11-12,15H,4-5,7H2,1H3. The Morgan fingerprint density at radius 1 is 1.39 bits per heavy atom. The van der Waals surface area contributed by atoms with Gasteiger partial charge in [0.05, 0.1) is 32.7 Å². The Labute approximate surface area is 119 Å². The molecule has 0 aliphatic carbocycles. The van der Waals surface area contributed by atoms with E-state index in [-0.39, 0.29) is 11.3 Å². The van der Waals surface area contributed by atoms with Gasteiger partial charge in [-0.3, -0.25) is 4.21 Å². The Bertz CT molecular complexity index is 456. The molecule has 1 aliphatic rings. The molecule has 1 N–H and O–H groups in total. The van der Waals surface area contributed by atoms with Gasteiger partial charge in [0.25, 0.3) is 0 Å². The minimum absolute atomic E-state index is 0.0546. The van der Waals surface area contributed by atoms with Crippen molar-refractivity contribution in [2.24, 2.45) is 0 Å². The molecule has 1 aliphatic heterocycles. The lowest BCUT2D eigenvalue weighted by Crippen LogP contribution is -2.47. The third kappa shape index (κ3) is 3.06. The minimum Gasteiger partial charge on any atom is -0.380 e. The number of hydrogen-bond acceptors (Lipinski definition) is 3. The number of hydrogen-bond donors (Lipinski definition) is 1. The van der Waals surface area contributed by atoms with E-state index >= 15 is 0 Å². The molecular formula is C12H15Cl2NO2S. The van der Waals surface area contributed by atoms with Crippen molar-refractivity contribution in [2.45, 2.75) is 22.6 Å². The number of ether oxygens (including phenoxy) is 1. The number of halogens is 2. The lowest BCUT2D eigenvalue weighted by atomic mass is 10.1. The molecule has 1 heterocycles. The van der Waals surface area contributed by atoms with E-state index in [1.807, 2.05) is 7.05 Å². The quantitative estimate of drug-likeness (QED) is 0.932. The lowest BCUT2D eigenvalue weighted by molar-refractivity contribution is 0.0838. The van der Waals surface area contributed by atoms with Gasteiger partial charge in [-0.05, 0) is 31.7 Å². The highest BCUT2D eigenvalue weighted by Crippen LogP contribution is 2.26.